The standard InChI is InChI=1S/C17H25NO3/c1-3-15(12-7-9-14(21-2)10-8-12)17(20)18-11-13-5-4-6-16(13)19/h7-10,13,15-16,19H,3-6,11H2,1-2H3,(H,18,20). The second kappa shape index (κ2) is 7.46. The number of hydrogen-bond acceptors (Lipinski definition) is 3. The summed E-state index contributed by atoms with van der Waals surface area (Å²) in [6.45, 7) is 2.59. The number of carbonyl (C=O) groups excluding carboxylic acids is 1. The highest BCUT2D eigenvalue weighted by Crippen LogP contribution is 2.26. The number of ether oxygens (including phenoxy) is 1. The smallest absolute Gasteiger partial charge is 0.227 e. The average molecular weight is 291 g/mol. The van der Waals surface area contributed by atoms with Crippen molar-refractivity contribution in [3.05, 3.63) is 29.8 Å². The Balaban J connectivity index is 1.94. The summed E-state index contributed by atoms with van der Waals surface area (Å²) >= 11 is 0. The molecular formula is C17H25NO3. The number of aliphatic hydroxyl groups excluding tert-OH is 1. The molecule has 0 aromatic heterocycles. The Morgan fingerprint density at radius 3 is 2.62 bits per heavy atom. The van der Waals surface area contributed by atoms with Gasteiger partial charge in [0.05, 0.1) is 19.1 Å². The molecule has 1 aliphatic carbocycles. The molecule has 0 saturated heterocycles. The molecule has 21 heavy (non-hydrogen) atoms. The Labute approximate surface area is 126 Å². The number of aliphatic hydroxyl groups is 1. The van der Waals surface area contributed by atoms with Crippen LogP contribution in [0.25, 0.3) is 0 Å². The van der Waals surface area contributed by atoms with E-state index < -0.39 is 0 Å². The van der Waals surface area contributed by atoms with E-state index in [1.54, 1.807) is 7.11 Å². The van der Waals surface area contributed by atoms with Crippen LogP contribution in [0.15, 0.2) is 24.3 Å². The van der Waals surface area contributed by atoms with Crippen molar-refractivity contribution in [3.8, 4) is 5.75 Å². The van der Waals surface area contributed by atoms with Crippen molar-refractivity contribution in [2.75, 3.05) is 13.7 Å². The van der Waals surface area contributed by atoms with Gasteiger partial charge in [0.1, 0.15) is 5.75 Å². The number of nitrogens with one attached hydrogen (secondary N) is 1. The average Bonchev–Trinajstić information content (AvgIpc) is 2.92. The number of carbonyl (C=O) groups is 1. The van der Waals surface area contributed by atoms with Crippen molar-refractivity contribution >= 4 is 5.91 Å². The van der Waals surface area contributed by atoms with E-state index in [4.69, 9.17) is 4.74 Å². The van der Waals surface area contributed by atoms with Gasteiger partial charge in [-0.15, -0.1) is 0 Å². The summed E-state index contributed by atoms with van der Waals surface area (Å²) in [6, 6.07) is 7.64. The van der Waals surface area contributed by atoms with E-state index in [0.717, 1.165) is 37.0 Å². The Morgan fingerprint density at radius 2 is 2.10 bits per heavy atom. The summed E-state index contributed by atoms with van der Waals surface area (Å²) in [6.07, 6.45) is 3.41. The zero-order valence-corrected chi connectivity index (χ0v) is 12.8. The first-order valence-electron chi connectivity index (χ1n) is 7.75. The molecule has 1 amide bonds. The Kier molecular flexibility index (Phi) is 5.62. The van der Waals surface area contributed by atoms with Crippen molar-refractivity contribution in [3.63, 3.8) is 0 Å². The maximum absolute atomic E-state index is 12.4. The van der Waals surface area contributed by atoms with Crippen LogP contribution in [-0.2, 0) is 4.79 Å². The van der Waals surface area contributed by atoms with Gasteiger partial charge in [-0.1, -0.05) is 25.5 Å². The lowest BCUT2D eigenvalue weighted by Gasteiger charge is -2.19. The molecule has 116 valence electrons. The highest BCUT2D eigenvalue weighted by molar-refractivity contribution is 5.83. The molecular weight excluding hydrogens is 266 g/mol. The Morgan fingerprint density at radius 1 is 1.38 bits per heavy atom. The van der Waals surface area contributed by atoms with E-state index in [2.05, 4.69) is 5.32 Å². The van der Waals surface area contributed by atoms with Crippen LogP contribution >= 0.6 is 0 Å². The van der Waals surface area contributed by atoms with E-state index >= 15 is 0 Å². The molecule has 1 aromatic rings. The lowest BCUT2D eigenvalue weighted by molar-refractivity contribution is -0.122. The van der Waals surface area contributed by atoms with Crippen LogP contribution in [0.3, 0.4) is 0 Å². The first kappa shape index (κ1) is 15.8. The van der Waals surface area contributed by atoms with Gasteiger partial charge in [0.15, 0.2) is 0 Å². The van der Waals surface area contributed by atoms with E-state index in [0.29, 0.717) is 6.54 Å². The molecule has 2 N–H and O–H groups in total. The fraction of sp³-hybridized carbons (Fsp3) is 0.588. The first-order chi connectivity index (χ1) is 10.2. The van der Waals surface area contributed by atoms with Crippen molar-refractivity contribution in [1.29, 1.82) is 0 Å². The fourth-order valence-electron chi connectivity index (χ4n) is 3.02. The number of hydrogen-bond donors (Lipinski definition) is 2. The molecule has 0 heterocycles. The first-order valence-corrected chi connectivity index (χ1v) is 7.75. The maximum Gasteiger partial charge on any atom is 0.227 e. The summed E-state index contributed by atoms with van der Waals surface area (Å²) in [5.41, 5.74) is 1.00. The zero-order chi connectivity index (χ0) is 15.2. The van der Waals surface area contributed by atoms with Crippen LogP contribution in [0.1, 0.15) is 44.1 Å². The van der Waals surface area contributed by atoms with Gasteiger partial charge in [-0.05, 0) is 37.0 Å². The normalized spacial score (nSPS) is 22.8. The van der Waals surface area contributed by atoms with Gasteiger partial charge in [0.25, 0.3) is 0 Å². The SMILES string of the molecule is CCC(C(=O)NCC1CCCC1O)c1ccc(OC)cc1. The van der Waals surface area contributed by atoms with Gasteiger partial charge in [0, 0.05) is 12.5 Å². The van der Waals surface area contributed by atoms with Gasteiger partial charge in [-0.3, -0.25) is 4.79 Å². The molecule has 4 nitrogen and oxygen atoms in total. The summed E-state index contributed by atoms with van der Waals surface area (Å²) in [7, 11) is 1.63. The molecule has 1 aromatic carbocycles. The number of rotatable bonds is 6. The van der Waals surface area contributed by atoms with Gasteiger partial charge in [-0.25, -0.2) is 0 Å². The summed E-state index contributed by atoms with van der Waals surface area (Å²) in [5.74, 6) is 0.904. The molecule has 0 spiro atoms. The third-order valence-electron chi connectivity index (χ3n) is 4.40. The molecule has 3 atom stereocenters. The second-order valence-corrected chi connectivity index (χ2v) is 5.74. The van der Waals surface area contributed by atoms with Crippen LogP contribution in [0.2, 0.25) is 0 Å². The van der Waals surface area contributed by atoms with Crippen molar-refractivity contribution < 1.29 is 14.6 Å². The summed E-state index contributed by atoms with van der Waals surface area (Å²) < 4.78 is 5.14. The third kappa shape index (κ3) is 3.97. The highest BCUT2D eigenvalue weighted by Gasteiger charge is 2.26. The fourth-order valence-corrected chi connectivity index (χ4v) is 3.02. The largest absolute Gasteiger partial charge is 0.497 e. The second-order valence-electron chi connectivity index (χ2n) is 5.74. The maximum atomic E-state index is 12.4. The van der Waals surface area contributed by atoms with E-state index in [9.17, 15) is 9.90 Å². The van der Waals surface area contributed by atoms with Crippen molar-refractivity contribution in [2.24, 2.45) is 5.92 Å². The third-order valence-corrected chi connectivity index (χ3v) is 4.40. The van der Waals surface area contributed by atoms with Crippen LogP contribution in [0.4, 0.5) is 0 Å². The molecule has 3 unspecified atom stereocenters. The number of benzene rings is 1. The van der Waals surface area contributed by atoms with E-state index in [-0.39, 0.29) is 23.8 Å². The van der Waals surface area contributed by atoms with E-state index in [1.807, 2.05) is 31.2 Å². The predicted octanol–water partition coefficient (Wildman–Crippen LogP) is 2.47. The number of amides is 1. The minimum atomic E-state index is -0.258. The van der Waals surface area contributed by atoms with Crippen molar-refractivity contribution in [2.45, 2.75) is 44.6 Å². The Bertz CT molecular complexity index is 458. The highest BCUT2D eigenvalue weighted by atomic mass is 16.5. The van der Waals surface area contributed by atoms with Gasteiger partial charge in [-0.2, -0.15) is 0 Å². The predicted molar refractivity (Wildman–Crippen MR) is 82.4 cm³/mol. The van der Waals surface area contributed by atoms with Crippen LogP contribution in [-0.4, -0.2) is 30.8 Å². The molecule has 1 fully saturated rings. The summed E-state index contributed by atoms with van der Waals surface area (Å²) in [4.78, 5) is 12.4. The van der Waals surface area contributed by atoms with Crippen LogP contribution in [0, 0.1) is 5.92 Å². The monoisotopic (exact) mass is 291 g/mol. The van der Waals surface area contributed by atoms with Gasteiger partial charge < -0.3 is 15.2 Å². The molecule has 1 aliphatic rings. The molecule has 0 bridgehead atoms. The Hall–Kier alpha value is -1.55. The topological polar surface area (TPSA) is 58.6 Å². The molecule has 1 saturated carbocycles. The van der Waals surface area contributed by atoms with Crippen LogP contribution in [0.5, 0.6) is 5.75 Å². The minimum Gasteiger partial charge on any atom is -0.497 e. The lowest BCUT2D eigenvalue weighted by Crippen LogP contribution is -2.35. The minimum absolute atomic E-state index is 0.0433. The molecule has 2 rings (SSSR count). The number of methoxy groups -OCH3 is 1. The van der Waals surface area contributed by atoms with Gasteiger partial charge in [0.2, 0.25) is 5.91 Å². The quantitative estimate of drug-likeness (QED) is 0.846. The lowest BCUT2D eigenvalue weighted by atomic mass is 9.95. The zero-order valence-electron chi connectivity index (χ0n) is 12.8. The van der Waals surface area contributed by atoms with Crippen molar-refractivity contribution in [1.82, 2.24) is 5.32 Å². The molecule has 4 heteroatoms. The molecule has 0 radical (unpaired) electrons. The molecule has 0 aliphatic heterocycles. The summed E-state index contributed by atoms with van der Waals surface area (Å²) in [5, 5.41) is 12.8. The van der Waals surface area contributed by atoms with Gasteiger partial charge >= 0.3 is 0 Å². The van der Waals surface area contributed by atoms with Crippen LogP contribution < -0.4 is 10.1 Å². The van der Waals surface area contributed by atoms with E-state index in [1.165, 1.54) is 0 Å².